The molecule has 0 amide bonds. The minimum Gasteiger partial charge on any atom is -0.448 e. The van der Waals surface area contributed by atoms with E-state index in [-0.39, 0.29) is 0 Å². The molecule has 1 aliphatic rings. The van der Waals surface area contributed by atoms with E-state index in [4.69, 9.17) is 4.42 Å². The van der Waals surface area contributed by atoms with E-state index in [0.29, 0.717) is 6.04 Å². The Morgan fingerprint density at radius 1 is 1.75 bits per heavy atom. The predicted octanol–water partition coefficient (Wildman–Crippen LogP) is 1.66. The summed E-state index contributed by atoms with van der Waals surface area (Å²) in [7, 11) is 0. The summed E-state index contributed by atoms with van der Waals surface area (Å²) >= 11 is 0. The lowest BCUT2D eigenvalue weighted by atomic mass is 10.2. The van der Waals surface area contributed by atoms with E-state index in [2.05, 4.69) is 16.8 Å². The molecule has 1 saturated heterocycles. The molecule has 1 aliphatic heterocycles. The van der Waals surface area contributed by atoms with Crippen LogP contribution in [0.3, 0.4) is 0 Å². The molecule has 0 radical (unpaired) electrons. The van der Waals surface area contributed by atoms with E-state index < -0.39 is 0 Å². The summed E-state index contributed by atoms with van der Waals surface area (Å²) in [5.41, 5.74) is 0. The average molecular weight is 166 g/mol. The van der Waals surface area contributed by atoms with Crippen LogP contribution < -0.4 is 0 Å². The molecule has 1 unspecified atom stereocenters. The van der Waals surface area contributed by atoms with Gasteiger partial charge in [0, 0.05) is 6.04 Å². The molecule has 0 bridgehead atoms. The molecule has 1 atom stereocenters. The second kappa shape index (κ2) is 3.27. The highest BCUT2D eigenvalue weighted by Crippen LogP contribution is 2.18. The zero-order valence-corrected chi connectivity index (χ0v) is 7.36. The van der Waals surface area contributed by atoms with Gasteiger partial charge in [0.1, 0.15) is 6.26 Å². The Morgan fingerprint density at radius 3 is 3.25 bits per heavy atom. The summed E-state index contributed by atoms with van der Waals surface area (Å²) in [5, 5.41) is 0. The zero-order valence-electron chi connectivity index (χ0n) is 7.36. The van der Waals surface area contributed by atoms with E-state index in [9.17, 15) is 0 Å². The topological polar surface area (TPSA) is 29.3 Å². The second-order valence-corrected chi connectivity index (χ2v) is 3.39. The molecule has 0 aliphatic carbocycles. The van der Waals surface area contributed by atoms with Crippen molar-refractivity contribution in [2.75, 3.05) is 6.54 Å². The predicted molar refractivity (Wildman–Crippen MR) is 45.6 cm³/mol. The third-order valence-electron chi connectivity index (χ3n) is 2.51. The van der Waals surface area contributed by atoms with Gasteiger partial charge < -0.3 is 4.42 Å². The SMILES string of the molecule is CC1CCCN1Cc1ncco1. The van der Waals surface area contributed by atoms with Gasteiger partial charge in [-0.25, -0.2) is 4.98 Å². The smallest absolute Gasteiger partial charge is 0.208 e. The lowest BCUT2D eigenvalue weighted by molar-refractivity contribution is 0.234. The van der Waals surface area contributed by atoms with E-state index in [1.54, 1.807) is 12.5 Å². The lowest BCUT2D eigenvalue weighted by Crippen LogP contribution is -2.26. The van der Waals surface area contributed by atoms with Gasteiger partial charge >= 0.3 is 0 Å². The standard InChI is InChI=1S/C9H14N2O/c1-8-3-2-5-11(8)7-9-10-4-6-12-9/h4,6,8H,2-3,5,7H2,1H3. The molecular weight excluding hydrogens is 152 g/mol. The molecule has 66 valence electrons. The van der Waals surface area contributed by atoms with Gasteiger partial charge in [-0.15, -0.1) is 0 Å². The van der Waals surface area contributed by atoms with Gasteiger partial charge in [0.15, 0.2) is 0 Å². The van der Waals surface area contributed by atoms with Crippen molar-refractivity contribution in [1.82, 2.24) is 9.88 Å². The summed E-state index contributed by atoms with van der Waals surface area (Å²) in [6, 6.07) is 0.692. The summed E-state index contributed by atoms with van der Waals surface area (Å²) in [5.74, 6) is 0.837. The first-order chi connectivity index (χ1) is 5.86. The van der Waals surface area contributed by atoms with E-state index in [0.717, 1.165) is 12.4 Å². The number of hydrogen-bond acceptors (Lipinski definition) is 3. The van der Waals surface area contributed by atoms with Crippen LogP contribution in [0.1, 0.15) is 25.7 Å². The number of likely N-dealkylation sites (tertiary alicyclic amines) is 1. The highest BCUT2D eigenvalue weighted by atomic mass is 16.3. The summed E-state index contributed by atoms with van der Waals surface area (Å²) in [6.07, 6.45) is 5.95. The highest BCUT2D eigenvalue weighted by molar-refractivity contribution is 4.84. The van der Waals surface area contributed by atoms with Gasteiger partial charge in [-0.1, -0.05) is 0 Å². The van der Waals surface area contributed by atoms with Crippen molar-refractivity contribution in [3.8, 4) is 0 Å². The fourth-order valence-electron chi connectivity index (χ4n) is 1.73. The van der Waals surface area contributed by atoms with Crippen molar-refractivity contribution in [2.24, 2.45) is 0 Å². The van der Waals surface area contributed by atoms with Crippen LogP contribution in [0.2, 0.25) is 0 Å². The average Bonchev–Trinajstić information content (AvgIpc) is 2.65. The van der Waals surface area contributed by atoms with Crippen LogP contribution in [0.4, 0.5) is 0 Å². The van der Waals surface area contributed by atoms with Crippen LogP contribution in [0.15, 0.2) is 16.9 Å². The van der Waals surface area contributed by atoms with Crippen molar-refractivity contribution in [3.63, 3.8) is 0 Å². The number of oxazole rings is 1. The summed E-state index contributed by atoms with van der Waals surface area (Å²) in [6.45, 7) is 4.31. The van der Waals surface area contributed by atoms with Crippen LogP contribution in [-0.2, 0) is 6.54 Å². The van der Waals surface area contributed by atoms with Crippen LogP contribution in [0.5, 0.6) is 0 Å². The Labute approximate surface area is 72.4 Å². The maximum atomic E-state index is 5.19. The minimum atomic E-state index is 0.692. The van der Waals surface area contributed by atoms with E-state index >= 15 is 0 Å². The van der Waals surface area contributed by atoms with Gasteiger partial charge in [-0.05, 0) is 26.3 Å². The number of hydrogen-bond donors (Lipinski definition) is 0. The molecule has 3 heteroatoms. The third-order valence-corrected chi connectivity index (χ3v) is 2.51. The van der Waals surface area contributed by atoms with Crippen molar-refractivity contribution in [3.05, 3.63) is 18.4 Å². The maximum absolute atomic E-state index is 5.19. The number of rotatable bonds is 2. The highest BCUT2D eigenvalue weighted by Gasteiger charge is 2.21. The van der Waals surface area contributed by atoms with E-state index in [1.807, 2.05) is 0 Å². The van der Waals surface area contributed by atoms with Crippen LogP contribution in [0.25, 0.3) is 0 Å². The molecule has 1 fully saturated rings. The minimum absolute atomic E-state index is 0.692. The van der Waals surface area contributed by atoms with E-state index in [1.165, 1.54) is 19.4 Å². The molecule has 2 heterocycles. The molecule has 0 N–H and O–H groups in total. The molecule has 1 aromatic heterocycles. The Kier molecular flexibility index (Phi) is 2.13. The van der Waals surface area contributed by atoms with Gasteiger partial charge in [0.25, 0.3) is 0 Å². The fraction of sp³-hybridized carbons (Fsp3) is 0.667. The first-order valence-corrected chi connectivity index (χ1v) is 4.48. The summed E-state index contributed by atoms with van der Waals surface area (Å²) in [4.78, 5) is 6.51. The molecule has 0 saturated carbocycles. The Bertz CT molecular complexity index is 233. The molecule has 2 rings (SSSR count). The number of aromatic nitrogens is 1. The number of nitrogens with zero attached hydrogens (tertiary/aromatic N) is 2. The normalized spacial score (nSPS) is 24.9. The Balaban J connectivity index is 1.95. The van der Waals surface area contributed by atoms with Gasteiger partial charge in [0.05, 0.1) is 12.7 Å². The maximum Gasteiger partial charge on any atom is 0.208 e. The molecule has 3 nitrogen and oxygen atoms in total. The largest absolute Gasteiger partial charge is 0.448 e. The fourth-order valence-corrected chi connectivity index (χ4v) is 1.73. The summed E-state index contributed by atoms with van der Waals surface area (Å²) < 4.78 is 5.19. The third kappa shape index (κ3) is 1.50. The second-order valence-electron chi connectivity index (χ2n) is 3.39. The zero-order chi connectivity index (χ0) is 8.39. The van der Waals surface area contributed by atoms with Crippen LogP contribution >= 0.6 is 0 Å². The van der Waals surface area contributed by atoms with Gasteiger partial charge in [-0.3, -0.25) is 4.90 Å². The van der Waals surface area contributed by atoms with Crippen molar-refractivity contribution >= 4 is 0 Å². The molecular formula is C9H14N2O. The van der Waals surface area contributed by atoms with Crippen molar-refractivity contribution < 1.29 is 4.42 Å². The quantitative estimate of drug-likeness (QED) is 0.669. The molecule has 0 aromatic carbocycles. The van der Waals surface area contributed by atoms with Crippen LogP contribution in [-0.4, -0.2) is 22.5 Å². The van der Waals surface area contributed by atoms with Crippen molar-refractivity contribution in [1.29, 1.82) is 0 Å². The lowest BCUT2D eigenvalue weighted by Gasteiger charge is -2.18. The van der Waals surface area contributed by atoms with Gasteiger partial charge in [0.2, 0.25) is 5.89 Å². The van der Waals surface area contributed by atoms with Crippen molar-refractivity contribution in [2.45, 2.75) is 32.4 Å². The monoisotopic (exact) mass is 166 g/mol. The van der Waals surface area contributed by atoms with Crippen LogP contribution in [0, 0.1) is 0 Å². The molecule has 0 spiro atoms. The Hall–Kier alpha value is -0.830. The Morgan fingerprint density at radius 2 is 2.67 bits per heavy atom. The molecule has 1 aromatic rings. The van der Waals surface area contributed by atoms with Gasteiger partial charge in [-0.2, -0.15) is 0 Å². The first-order valence-electron chi connectivity index (χ1n) is 4.48. The molecule has 12 heavy (non-hydrogen) atoms. The first kappa shape index (κ1) is 7.80.